The van der Waals surface area contributed by atoms with Crippen molar-refractivity contribution in [2.75, 3.05) is 20.2 Å². The summed E-state index contributed by atoms with van der Waals surface area (Å²) >= 11 is 0. The highest BCUT2D eigenvalue weighted by molar-refractivity contribution is 6.99. The number of carbonyl (C=O) groups excluding carboxylic acids is 1. The summed E-state index contributed by atoms with van der Waals surface area (Å²) in [5.41, 5.74) is 6.39. The Balaban J connectivity index is 1.26. The van der Waals surface area contributed by atoms with Gasteiger partial charge in [0, 0.05) is 29.2 Å². The molecule has 2 aliphatic rings. The molecule has 0 spiro atoms. The highest BCUT2D eigenvalue weighted by Gasteiger charge is 2.50. The predicted octanol–water partition coefficient (Wildman–Crippen LogP) is 5.82. The van der Waals surface area contributed by atoms with E-state index in [-0.39, 0.29) is 28.9 Å². The molecule has 3 atom stereocenters. The number of nitrogens with zero attached hydrogens (tertiary/aromatic N) is 1. The summed E-state index contributed by atoms with van der Waals surface area (Å²) in [6.45, 7) is 12.4. The topological polar surface area (TPSA) is 57.4 Å². The molecule has 1 aliphatic carbocycles. The third-order valence-electron chi connectivity index (χ3n) is 9.70. The van der Waals surface area contributed by atoms with E-state index in [1.165, 1.54) is 43.7 Å². The molecule has 0 saturated heterocycles. The minimum atomic E-state index is -2.69. The second-order valence-corrected chi connectivity index (χ2v) is 17.7. The maximum absolute atomic E-state index is 13.9. The SMILES string of the molecule is CC[C@@H](CO[Si](c1ccccc1)(c1ccccc1)C(C)(C)C)NC(=O)[C@@H]1C=C2c3cccc4[nH]c(C)c(c34)C[C@H]2N(C)C1. The summed E-state index contributed by atoms with van der Waals surface area (Å²) in [6.07, 6.45) is 4.02. The van der Waals surface area contributed by atoms with Crippen molar-refractivity contribution in [1.82, 2.24) is 15.2 Å². The van der Waals surface area contributed by atoms with Crippen LogP contribution in [-0.4, -0.2) is 56.4 Å². The van der Waals surface area contributed by atoms with Crippen LogP contribution in [0.25, 0.3) is 16.5 Å². The van der Waals surface area contributed by atoms with Crippen molar-refractivity contribution in [2.24, 2.45) is 5.92 Å². The first-order valence-electron chi connectivity index (χ1n) is 15.7. The van der Waals surface area contributed by atoms with E-state index in [4.69, 9.17) is 4.43 Å². The number of aromatic nitrogens is 1. The average molecular weight is 592 g/mol. The van der Waals surface area contributed by atoms with Crippen LogP contribution in [0.3, 0.4) is 0 Å². The van der Waals surface area contributed by atoms with Crippen LogP contribution < -0.4 is 15.7 Å². The maximum Gasteiger partial charge on any atom is 0.261 e. The molecule has 2 N–H and O–H groups in total. The number of rotatable bonds is 8. The number of hydrogen-bond donors (Lipinski definition) is 2. The van der Waals surface area contributed by atoms with E-state index in [2.05, 4.69) is 142 Å². The summed E-state index contributed by atoms with van der Waals surface area (Å²) in [7, 11) is -0.525. The van der Waals surface area contributed by atoms with Crippen LogP contribution in [0.1, 0.15) is 50.9 Å². The maximum atomic E-state index is 13.9. The molecular formula is C37H45N3O2Si. The van der Waals surface area contributed by atoms with Crippen LogP contribution in [0.4, 0.5) is 0 Å². The van der Waals surface area contributed by atoms with E-state index in [0.717, 1.165) is 12.8 Å². The van der Waals surface area contributed by atoms with Gasteiger partial charge in [-0.25, -0.2) is 0 Å². The predicted molar refractivity (Wildman–Crippen MR) is 180 cm³/mol. The molecule has 4 aromatic rings. The lowest BCUT2D eigenvalue weighted by molar-refractivity contribution is -0.125. The molecule has 0 fully saturated rings. The molecule has 0 saturated carbocycles. The largest absolute Gasteiger partial charge is 0.405 e. The monoisotopic (exact) mass is 591 g/mol. The molecule has 1 aromatic heterocycles. The molecule has 0 bridgehead atoms. The lowest BCUT2D eigenvalue weighted by Crippen LogP contribution is -2.67. The van der Waals surface area contributed by atoms with Crippen molar-refractivity contribution in [2.45, 2.75) is 64.6 Å². The fourth-order valence-electron chi connectivity index (χ4n) is 7.44. The third kappa shape index (κ3) is 5.20. The lowest BCUT2D eigenvalue weighted by Gasteiger charge is -2.44. The molecular weight excluding hydrogens is 547 g/mol. The second kappa shape index (κ2) is 11.6. The van der Waals surface area contributed by atoms with E-state index in [1.807, 2.05) is 0 Å². The number of hydrogen-bond acceptors (Lipinski definition) is 3. The summed E-state index contributed by atoms with van der Waals surface area (Å²) in [6, 6.07) is 28.1. The number of likely N-dealkylation sites (N-methyl/N-ethyl adjacent to an activating group) is 1. The summed E-state index contributed by atoms with van der Waals surface area (Å²) in [5.74, 6) is -0.131. The normalized spacial score (nSPS) is 19.5. The van der Waals surface area contributed by atoms with Gasteiger partial charge in [-0.05, 0) is 65.0 Å². The van der Waals surface area contributed by atoms with Gasteiger partial charge in [-0.15, -0.1) is 0 Å². The molecule has 5 nitrogen and oxygen atoms in total. The highest BCUT2D eigenvalue weighted by atomic mass is 28.4. The van der Waals surface area contributed by atoms with Gasteiger partial charge in [0.2, 0.25) is 5.91 Å². The van der Waals surface area contributed by atoms with Gasteiger partial charge < -0.3 is 14.7 Å². The minimum absolute atomic E-state index is 0.0794. The van der Waals surface area contributed by atoms with Crippen LogP contribution in [0.5, 0.6) is 0 Å². The van der Waals surface area contributed by atoms with Gasteiger partial charge in [0.1, 0.15) is 0 Å². The van der Waals surface area contributed by atoms with Crippen LogP contribution >= 0.6 is 0 Å². The molecule has 0 unspecified atom stereocenters. The molecule has 0 radical (unpaired) electrons. The van der Waals surface area contributed by atoms with Crippen molar-refractivity contribution >= 4 is 41.1 Å². The Kier molecular flexibility index (Phi) is 7.96. The molecule has 43 heavy (non-hydrogen) atoms. The van der Waals surface area contributed by atoms with Crippen molar-refractivity contribution in [3.63, 3.8) is 0 Å². The van der Waals surface area contributed by atoms with E-state index < -0.39 is 8.32 Å². The van der Waals surface area contributed by atoms with E-state index in [9.17, 15) is 4.79 Å². The first-order valence-corrected chi connectivity index (χ1v) is 17.6. The smallest absolute Gasteiger partial charge is 0.261 e. The number of aromatic amines is 1. The van der Waals surface area contributed by atoms with Gasteiger partial charge >= 0.3 is 0 Å². The third-order valence-corrected chi connectivity index (χ3v) is 14.7. The molecule has 1 amide bonds. The Hall–Kier alpha value is -3.45. The van der Waals surface area contributed by atoms with E-state index >= 15 is 0 Å². The molecule has 6 heteroatoms. The summed E-state index contributed by atoms with van der Waals surface area (Å²) < 4.78 is 7.19. The number of aryl methyl sites for hydroxylation is 1. The number of H-pyrrole nitrogens is 1. The fourth-order valence-corrected chi connectivity index (χ4v) is 12.0. The Bertz CT molecular complexity index is 1600. The lowest BCUT2D eigenvalue weighted by atomic mass is 9.79. The average Bonchev–Trinajstić information content (AvgIpc) is 3.33. The second-order valence-electron chi connectivity index (χ2n) is 13.4. The number of benzene rings is 3. The molecule has 224 valence electrons. The van der Waals surface area contributed by atoms with E-state index in [1.54, 1.807) is 0 Å². The zero-order chi connectivity index (χ0) is 30.4. The summed E-state index contributed by atoms with van der Waals surface area (Å²) in [4.78, 5) is 19.9. The minimum Gasteiger partial charge on any atom is -0.405 e. The molecule has 6 rings (SSSR count). The van der Waals surface area contributed by atoms with Crippen LogP contribution in [0.15, 0.2) is 84.9 Å². The Morgan fingerprint density at radius 1 is 1.02 bits per heavy atom. The standard InChI is InChI=1S/C37H45N3O2Si/c1-7-27(24-42-43(37(3,4)5,28-15-10-8-11-16-28)29-17-12-9-13-18-29)39-36(41)26-21-32-30-19-14-20-33-35(30)31(25(2)38-33)22-34(32)40(6)23-26/h8-21,26-27,34,38H,7,22-24H2,1-6H3,(H,39,41)/t26-,27+,34-/m1/s1. The highest BCUT2D eigenvalue weighted by Crippen LogP contribution is 2.42. The zero-order valence-electron chi connectivity index (χ0n) is 26.4. The number of fused-ring (bicyclic) bond motifs is 2. The molecule has 3 aromatic carbocycles. The van der Waals surface area contributed by atoms with Gasteiger partial charge in [0.25, 0.3) is 8.32 Å². The number of carbonyl (C=O) groups is 1. The van der Waals surface area contributed by atoms with Gasteiger partial charge in [0.15, 0.2) is 0 Å². The first kappa shape index (κ1) is 29.6. The Morgan fingerprint density at radius 3 is 2.28 bits per heavy atom. The zero-order valence-corrected chi connectivity index (χ0v) is 27.4. The first-order chi connectivity index (χ1) is 20.6. The number of nitrogens with one attached hydrogen (secondary N) is 2. The van der Waals surface area contributed by atoms with Crippen LogP contribution in [0, 0.1) is 12.8 Å². The van der Waals surface area contributed by atoms with Crippen molar-refractivity contribution in [1.29, 1.82) is 0 Å². The van der Waals surface area contributed by atoms with Crippen molar-refractivity contribution in [3.05, 3.63) is 102 Å². The van der Waals surface area contributed by atoms with E-state index in [0.29, 0.717) is 13.2 Å². The summed E-state index contributed by atoms with van der Waals surface area (Å²) in [5, 5.41) is 7.13. The van der Waals surface area contributed by atoms with Crippen molar-refractivity contribution < 1.29 is 9.22 Å². The quantitative estimate of drug-likeness (QED) is 0.254. The fraction of sp³-hybridized carbons (Fsp3) is 0.378. The Morgan fingerprint density at radius 2 is 1.67 bits per heavy atom. The molecule has 2 heterocycles. The molecule has 1 aliphatic heterocycles. The van der Waals surface area contributed by atoms with Crippen LogP contribution in [0.2, 0.25) is 5.04 Å². The number of amides is 1. The van der Waals surface area contributed by atoms with Crippen molar-refractivity contribution in [3.8, 4) is 0 Å². The van der Waals surface area contributed by atoms with Gasteiger partial charge in [-0.2, -0.15) is 0 Å². The van der Waals surface area contributed by atoms with Gasteiger partial charge in [-0.1, -0.05) is 107 Å². The van der Waals surface area contributed by atoms with Crippen LogP contribution in [-0.2, 0) is 15.6 Å². The van der Waals surface area contributed by atoms with Gasteiger partial charge in [-0.3, -0.25) is 9.69 Å². The Labute approximate surface area is 257 Å². The van der Waals surface area contributed by atoms with Gasteiger partial charge in [0.05, 0.1) is 18.6 Å².